The lowest BCUT2D eigenvalue weighted by Crippen LogP contribution is -2.59. The largest absolute Gasteiger partial charge is 0.479 e. The van der Waals surface area contributed by atoms with E-state index in [1.807, 2.05) is 48.5 Å². The summed E-state index contributed by atoms with van der Waals surface area (Å²) >= 11 is 0. The summed E-state index contributed by atoms with van der Waals surface area (Å²) in [5.74, 6) is -2.26. The molecule has 1 aliphatic carbocycles. The van der Waals surface area contributed by atoms with Gasteiger partial charge in [-0.15, -0.1) is 0 Å². The Kier molecular flexibility index (Phi) is 8.25. The molecule has 0 heterocycles. The first-order valence-electron chi connectivity index (χ1n) is 11.1. The topological polar surface area (TPSA) is 134 Å². The maximum Gasteiger partial charge on any atom is 0.407 e. The molecule has 0 aromatic heterocycles. The lowest BCUT2D eigenvalue weighted by atomic mass is 9.98. The second-order valence-corrected chi connectivity index (χ2v) is 8.44. The number of methoxy groups -OCH3 is 1. The molecule has 4 N–H and O–H groups in total. The molecule has 0 saturated heterocycles. The van der Waals surface area contributed by atoms with E-state index in [9.17, 15) is 24.6 Å². The van der Waals surface area contributed by atoms with Gasteiger partial charge in [-0.25, -0.2) is 9.59 Å². The Hall–Kier alpha value is -3.43. The molecular formula is C25H30N2O7. The number of fused-ring (bicyclic) bond motifs is 3. The number of nitrogens with one attached hydrogen (secondary N) is 2. The van der Waals surface area contributed by atoms with Crippen molar-refractivity contribution in [3.63, 3.8) is 0 Å². The number of carboxylic acids is 1. The van der Waals surface area contributed by atoms with Gasteiger partial charge in [-0.3, -0.25) is 4.79 Å². The summed E-state index contributed by atoms with van der Waals surface area (Å²) in [6, 6.07) is 14.8. The van der Waals surface area contributed by atoms with Gasteiger partial charge in [-0.2, -0.15) is 0 Å². The first kappa shape index (κ1) is 25.2. The van der Waals surface area contributed by atoms with Crippen LogP contribution in [-0.2, 0) is 19.1 Å². The maximum atomic E-state index is 12.7. The maximum absolute atomic E-state index is 12.7. The number of aliphatic carboxylic acids is 1. The molecule has 2 aromatic rings. The van der Waals surface area contributed by atoms with Crippen molar-refractivity contribution < 1.29 is 34.1 Å². The summed E-state index contributed by atoms with van der Waals surface area (Å²) in [5.41, 5.74) is 2.44. The Labute approximate surface area is 198 Å². The highest BCUT2D eigenvalue weighted by Gasteiger charge is 2.37. The molecule has 1 aliphatic rings. The number of carbonyl (C=O) groups is 3. The van der Waals surface area contributed by atoms with Crippen LogP contribution in [0.1, 0.15) is 36.8 Å². The van der Waals surface area contributed by atoms with Crippen LogP contribution in [0, 0.1) is 0 Å². The van der Waals surface area contributed by atoms with Gasteiger partial charge in [0.25, 0.3) is 0 Å². The van der Waals surface area contributed by atoms with Gasteiger partial charge in [0.15, 0.2) is 5.54 Å². The molecule has 2 unspecified atom stereocenters. The number of alkyl carbamates (subject to hydrolysis) is 1. The quantitative estimate of drug-likeness (QED) is 0.370. The number of hydrogen-bond acceptors (Lipinski definition) is 6. The van der Waals surface area contributed by atoms with Crippen LogP contribution in [0.3, 0.4) is 0 Å². The number of amides is 2. The summed E-state index contributed by atoms with van der Waals surface area (Å²) in [7, 11) is 1.52. The smallest absolute Gasteiger partial charge is 0.407 e. The molecule has 0 radical (unpaired) electrons. The van der Waals surface area contributed by atoms with Gasteiger partial charge < -0.3 is 30.3 Å². The molecule has 2 amide bonds. The number of aliphatic hydroxyl groups is 1. The molecule has 0 fully saturated rings. The van der Waals surface area contributed by atoms with Gasteiger partial charge in [0.2, 0.25) is 5.91 Å². The fourth-order valence-electron chi connectivity index (χ4n) is 4.00. The molecule has 2 atom stereocenters. The predicted molar refractivity (Wildman–Crippen MR) is 124 cm³/mol. The number of carboxylic acid groups (broad SMARTS) is 1. The normalized spacial score (nSPS) is 14.9. The highest BCUT2D eigenvalue weighted by atomic mass is 16.5. The molecule has 34 heavy (non-hydrogen) atoms. The fourth-order valence-corrected chi connectivity index (χ4v) is 4.00. The van der Waals surface area contributed by atoms with Gasteiger partial charge in [0.1, 0.15) is 12.6 Å². The van der Waals surface area contributed by atoms with E-state index in [0.717, 1.165) is 22.3 Å². The molecular weight excluding hydrogens is 440 g/mol. The van der Waals surface area contributed by atoms with Gasteiger partial charge in [0, 0.05) is 19.6 Å². The Morgan fingerprint density at radius 1 is 1.06 bits per heavy atom. The number of rotatable bonds is 11. The number of aliphatic hydroxyl groups excluding tert-OH is 1. The Morgan fingerprint density at radius 3 is 2.18 bits per heavy atom. The lowest BCUT2D eigenvalue weighted by Gasteiger charge is -2.27. The first-order chi connectivity index (χ1) is 16.3. The predicted octanol–water partition coefficient (Wildman–Crippen LogP) is 2.27. The average Bonchev–Trinajstić information content (AvgIpc) is 3.15. The molecule has 0 saturated carbocycles. The van der Waals surface area contributed by atoms with E-state index < -0.39 is 36.2 Å². The van der Waals surface area contributed by atoms with E-state index in [0.29, 0.717) is 13.0 Å². The Morgan fingerprint density at radius 2 is 1.65 bits per heavy atom. The van der Waals surface area contributed by atoms with Crippen molar-refractivity contribution in [2.45, 2.75) is 37.3 Å². The average molecular weight is 471 g/mol. The van der Waals surface area contributed by atoms with Crippen molar-refractivity contribution in [3.05, 3.63) is 59.7 Å². The third kappa shape index (κ3) is 5.55. The summed E-state index contributed by atoms with van der Waals surface area (Å²) < 4.78 is 10.5. The van der Waals surface area contributed by atoms with E-state index in [1.54, 1.807) is 0 Å². The number of ether oxygens (including phenoxy) is 2. The minimum Gasteiger partial charge on any atom is -0.479 e. The summed E-state index contributed by atoms with van der Waals surface area (Å²) in [6.07, 6.45) is -0.146. The zero-order valence-corrected chi connectivity index (χ0v) is 19.2. The second-order valence-electron chi connectivity index (χ2n) is 8.44. The van der Waals surface area contributed by atoms with E-state index in [4.69, 9.17) is 9.47 Å². The standard InChI is InChI=1S/C25H30N2O7/c1-25(15-28,23(30)31)27-22(29)21(12-7-13-33-2)26-24(32)34-14-20-18-10-5-3-8-16(18)17-9-4-6-11-19(17)20/h3-6,8-11,20-21,28H,7,12-15H2,1-2H3,(H,26,32)(H,27,29)(H,30,31). The number of carbonyl (C=O) groups excluding carboxylic acids is 2. The third-order valence-corrected chi connectivity index (χ3v) is 5.98. The van der Waals surface area contributed by atoms with Crippen LogP contribution in [0.15, 0.2) is 48.5 Å². The number of benzene rings is 2. The Balaban J connectivity index is 1.68. The molecule has 0 spiro atoms. The summed E-state index contributed by atoms with van der Waals surface area (Å²) in [6.45, 7) is 0.818. The molecule has 2 aromatic carbocycles. The van der Waals surface area contributed by atoms with Crippen molar-refractivity contribution >= 4 is 18.0 Å². The van der Waals surface area contributed by atoms with Crippen LogP contribution in [0.5, 0.6) is 0 Å². The zero-order chi connectivity index (χ0) is 24.7. The third-order valence-electron chi connectivity index (χ3n) is 5.98. The highest BCUT2D eigenvalue weighted by molar-refractivity contribution is 5.91. The Bertz CT molecular complexity index is 996. The van der Waals surface area contributed by atoms with Gasteiger partial charge in [-0.1, -0.05) is 48.5 Å². The zero-order valence-electron chi connectivity index (χ0n) is 19.2. The molecule has 0 bridgehead atoms. The van der Waals surface area contributed by atoms with E-state index in [-0.39, 0.29) is 18.9 Å². The van der Waals surface area contributed by atoms with Crippen molar-refractivity contribution in [2.24, 2.45) is 0 Å². The van der Waals surface area contributed by atoms with Crippen molar-refractivity contribution in [1.29, 1.82) is 0 Å². The highest BCUT2D eigenvalue weighted by Crippen LogP contribution is 2.44. The molecule has 9 nitrogen and oxygen atoms in total. The minimum atomic E-state index is -1.88. The monoisotopic (exact) mass is 470 g/mol. The lowest BCUT2D eigenvalue weighted by molar-refractivity contribution is -0.149. The van der Waals surface area contributed by atoms with E-state index in [2.05, 4.69) is 10.6 Å². The van der Waals surface area contributed by atoms with Crippen molar-refractivity contribution in [2.75, 3.05) is 26.9 Å². The van der Waals surface area contributed by atoms with Gasteiger partial charge in [-0.05, 0) is 42.0 Å². The first-order valence-corrected chi connectivity index (χ1v) is 11.1. The van der Waals surface area contributed by atoms with Gasteiger partial charge >= 0.3 is 12.1 Å². The van der Waals surface area contributed by atoms with Crippen LogP contribution in [0.4, 0.5) is 4.79 Å². The number of hydrogen-bond donors (Lipinski definition) is 4. The molecule has 0 aliphatic heterocycles. The van der Waals surface area contributed by atoms with Crippen molar-refractivity contribution in [3.8, 4) is 11.1 Å². The molecule has 3 rings (SSSR count). The SMILES string of the molecule is COCCCC(NC(=O)OCC1c2ccccc2-c2ccccc21)C(=O)NC(C)(CO)C(=O)O. The summed E-state index contributed by atoms with van der Waals surface area (Å²) in [4.78, 5) is 36.8. The molecule has 182 valence electrons. The summed E-state index contributed by atoms with van der Waals surface area (Å²) in [5, 5.41) is 23.6. The molecule has 9 heteroatoms. The van der Waals surface area contributed by atoms with Crippen LogP contribution in [-0.4, -0.2) is 66.7 Å². The fraction of sp³-hybridized carbons (Fsp3) is 0.400. The minimum absolute atomic E-state index is 0.0791. The van der Waals surface area contributed by atoms with Crippen LogP contribution in [0.2, 0.25) is 0 Å². The van der Waals surface area contributed by atoms with Crippen LogP contribution >= 0.6 is 0 Å². The van der Waals surface area contributed by atoms with Gasteiger partial charge in [0.05, 0.1) is 6.61 Å². The van der Waals surface area contributed by atoms with Crippen molar-refractivity contribution in [1.82, 2.24) is 10.6 Å². The van der Waals surface area contributed by atoms with E-state index >= 15 is 0 Å². The second kappa shape index (κ2) is 11.1. The van der Waals surface area contributed by atoms with Crippen LogP contribution < -0.4 is 10.6 Å². The van der Waals surface area contributed by atoms with Crippen LogP contribution in [0.25, 0.3) is 11.1 Å². The van der Waals surface area contributed by atoms with E-state index in [1.165, 1.54) is 14.0 Å².